The number of carbonyl (C=O) groups excluding carboxylic acids is 2. The van der Waals surface area contributed by atoms with Crippen LogP contribution in [0.25, 0.3) is 0 Å². The Kier molecular flexibility index (Phi) is 6.84. The molecular formula is C23H27N5O3S. The summed E-state index contributed by atoms with van der Waals surface area (Å²) in [6, 6.07) is 7.96. The molecule has 4 rings (SSSR count). The number of rotatable bonds is 7. The maximum Gasteiger partial charge on any atom is 0.254 e. The number of piperidine rings is 1. The van der Waals surface area contributed by atoms with E-state index in [1.165, 1.54) is 16.9 Å². The Hall–Kier alpha value is -3.20. The van der Waals surface area contributed by atoms with Crippen LogP contribution in [0.15, 0.2) is 42.0 Å². The number of nitrogens with one attached hydrogen (secondary N) is 1. The van der Waals surface area contributed by atoms with Crippen molar-refractivity contribution in [3.05, 3.63) is 63.9 Å². The van der Waals surface area contributed by atoms with Crippen molar-refractivity contribution in [2.75, 3.05) is 13.1 Å². The molecule has 1 fully saturated rings. The second-order valence-electron chi connectivity index (χ2n) is 8.04. The van der Waals surface area contributed by atoms with E-state index < -0.39 is 0 Å². The lowest BCUT2D eigenvalue weighted by Gasteiger charge is -2.32. The lowest BCUT2D eigenvalue weighted by atomic mass is 10.0. The van der Waals surface area contributed by atoms with Crippen LogP contribution in [-0.2, 0) is 24.9 Å². The van der Waals surface area contributed by atoms with Crippen LogP contribution in [0.4, 0.5) is 0 Å². The van der Waals surface area contributed by atoms with Gasteiger partial charge in [0.25, 0.3) is 5.91 Å². The second-order valence-corrected chi connectivity index (χ2v) is 8.98. The van der Waals surface area contributed by atoms with Gasteiger partial charge in [-0.05, 0) is 31.9 Å². The molecule has 1 aliphatic rings. The van der Waals surface area contributed by atoms with Crippen LogP contribution in [0, 0.1) is 6.92 Å². The number of hydrogen-bond donors (Lipinski definition) is 1. The molecule has 0 aliphatic carbocycles. The van der Waals surface area contributed by atoms with Crippen molar-refractivity contribution in [2.24, 2.45) is 7.05 Å². The summed E-state index contributed by atoms with van der Waals surface area (Å²) in [4.78, 5) is 31.4. The fourth-order valence-electron chi connectivity index (χ4n) is 3.62. The number of nitrogens with zero attached hydrogens (tertiary/aromatic N) is 4. The number of aryl methyl sites for hydroxylation is 2. The lowest BCUT2D eigenvalue weighted by molar-refractivity contribution is -0.131. The summed E-state index contributed by atoms with van der Waals surface area (Å²) < 4.78 is 7.38. The number of aromatic nitrogens is 3. The molecule has 0 spiro atoms. The molecule has 1 aliphatic heterocycles. The van der Waals surface area contributed by atoms with E-state index >= 15 is 0 Å². The smallest absolute Gasteiger partial charge is 0.254 e. The normalized spacial score (nSPS) is 14.4. The Morgan fingerprint density at radius 3 is 2.66 bits per heavy atom. The van der Waals surface area contributed by atoms with Gasteiger partial charge in [-0.15, -0.1) is 11.3 Å². The molecule has 0 unspecified atom stereocenters. The fourth-order valence-corrected chi connectivity index (χ4v) is 4.33. The molecular weight excluding hydrogens is 426 g/mol. The van der Waals surface area contributed by atoms with E-state index in [4.69, 9.17) is 4.74 Å². The van der Waals surface area contributed by atoms with Gasteiger partial charge in [-0.2, -0.15) is 5.10 Å². The third kappa shape index (κ3) is 5.73. The molecule has 168 valence electrons. The third-order valence-electron chi connectivity index (χ3n) is 5.46. The summed E-state index contributed by atoms with van der Waals surface area (Å²) in [7, 11) is 1.78. The van der Waals surface area contributed by atoms with Crippen LogP contribution in [0.3, 0.4) is 0 Å². The first-order valence-electron chi connectivity index (χ1n) is 10.7. The molecule has 0 radical (unpaired) electrons. The minimum atomic E-state index is -0.120. The Morgan fingerprint density at radius 1 is 1.22 bits per heavy atom. The first-order valence-corrected chi connectivity index (χ1v) is 11.5. The summed E-state index contributed by atoms with van der Waals surface area (Å²) in [5.74, 6) is 0.756. The number of carbonyl (C=O) groups is 2. The number of likely N-dealkylation sites (tertiary alicyclic amines) is 1. The summed E-state index contributed by atoms with van der Waals surface area (Å²) in [6.07, 6.45) is 5.02. The van der Waals surface area contributed by atoms with Gasteiger partial charge in [0.05, 0.1) is 23.9 Å². The Labute approximate surface area is 191 Å². The van der Waals surface area contributed by atoms with Gasteiger partial charge in [0.15, 0.2) is 0 Å². The quantitative estimate of drug-likeness (QED) is 0.594. The summed E-state index contributed by atoms with van der Waals surface area (Å²) in [6.45, 7) is 3.69. The van der Waals surface area contributed by atoms with Crippen LogP contribution in [0.2, 0.25) is 0 Å². The van der Waals surface area contributed by atoms with Gasteiger partial charge in [-0.1, -0.05) is 17.7 Å². The zero-order valence-electron chi connectivity index (χ0n) is 18.3. The van der Waals surface area contributed by atoms with Gasteiger partial charge in [0, 0.05) is 37.8 Å². The van der Waals surface area contributed by atoms with E-state index in [-0.39, 0.29) is 24.3 Å². The van der Waals surface area contributed by atoms with Crippen molar-refractivity contribution in [2.45, 2.75) is 38.8 Å². The zero-order valence-corrected chi connectivity index (χ0v) is 19.1. The van der Waals surface area contributed by atoms with E-state index in [0.717, 1.165) is 29.3 Å². The van der Waals surface area contributed by atoms with Gasteiger partial charge in [0.2, 0.25) is 5.91 Å². The molecule has 0 bridgehead atoms. The van der Waals surface area contributed by atoms with Crippen molar-refractivity contribution in [1.29, 1.82) is 0 Å². The Morgan fingerprint density at radius 2 is 1.97 bits per heavy atom. The molecule has 1 saturated heterocycles. The summed E-state index contributed by atoms with van der Waals surface area (Å²) in [5.41, 5.74) is 2.51. The average molecular weight is 454 g/mol. The molecule has 1 aromatic carbocycles. The van der Waals surface area contributed by atoms with Crippen molar-refractivity contribution >= 4 is 23.2 Å². The van der Waals surface area contributed by atoms with E-state index in [0.29, 0.717) is 25.3 Å². The van der Waals surface area contributed by atoms with Crippen LogP contribution >= 0.6 is 11.3 Å². The van der Waals surface area contributed by atoms with Crippen LogP contribution in [-0.4, -0.2) is 50.6 Å². The van der Waals surface area contributed by atoms with Crippen molar-refractivity contribution in [3.8, 4) is 5.75 Å². The number of thiazole rings is 1. The topological polar surface area (TPSA) is 89.3 Å². The highest BCUT2D eigenvalue weighted by molar-refractivity contribution is 7.09. The van der Waals surface area contributed by atoms with E-state index in [1.54, 1.807) is 24.1 Å². The number of benzene rings is 1. The minimum Gasteiger partial charge on any atom is -0.486 e. The second kappa shape index (κ2) is 9.95. The predicted molar refractivity (Wildman–Crippen MR) is 122 cm³/mol. The van der Waals surface area contributed by atoms with E-state index in [9.17, 15) is 9.59 Å². The molecule has 0 atom stereocenters. The van der Waals surface area contributed by atoms with Crippen molar-refractivity contribution in [1.82, 2.24) is 25.0 Å². The van der Waals surface area contributed by atoms with Crippen molar-refractivity contribution in [3.63, 3.8) is 0 Å². The van der Waals surface area contributed by atoms with E-state index in [1.807, 2.05) is 41.5 Å². The maximum absolute atomic E-state index is 12.7. The number of ether oxygens (including phenoxy) is 1. The number of hydrogen-bond acceptors (Lipinski definition) is 6. The van der Waals surface area contributed by atoms with Crippen molar-refractivity contribution < 1.29 is 14.3 Å². The molecule has 8 nitrogen and oxygen atoms in total. The predicted octanol–water partition coefficient (Wildman–Crippen LogP) is 2.73. The Balaban J connectivity index is 1.21. The SMILES string of the molecule is Cc1ccc(OCc2nc(CC(=O)N3CCC(NC(=O)c4cnn(C)c4)CC3)cs2)cc1. The Bertz CT molecular complexity index is 1070. The summed E-state index contributed by atoms with van der Waals surface area (Å²) >= 11 is 1.51. The van der Waals surface area contributed by atoms with Crippen LogP contribution in [0.5, 0.6) is 5.75 Å². The molecule has 2 amide bonds. The highest BCUT2D eigenvalue weighted by Gasteiger charge is 2.25. The third-order valence-corrected chi connectivity index (χ3v) is 6.34. The summed E-state index contributed by atoms with van der Waals surface area (Å²) in [5, 5.41) is 9.84. The van der Waals surface area contributed by atoms with Gasteiger partial charge < -0.3 is 15.0 Å². The molecule has 3 aromatic rings. The van der Waals surface area contributed by atoms with Gasteiger partial charge in [-0.25, -0.2) is 4.98 Å². The first kappa shape index (κ1) is 22.0. The maximum atomic E-state index is 12.7. The molecule has 32 heavy (non-hydrogen) atoms. The van der Waals surface area contributed by atoms with Gasteiger partial charge >= 0.3 is 0 Å². The minimum absolute atomic E-state index is 0.0663. The van der Waals surface area contributed by atoms with E-state index in [2.05, 4.69) is 15.4 Å². The molecule has 0 saturated carbocycles. The molecule has 1 N–H and O–H groups in total. The van der Waals surface area contributed by atoms with Gasteiger partial charge in [-0.3, -0.25) is 14.3 Å². The lowest BCUT2D eigenvalue weighted by Crippen LogP contribution is -2.46. The highest BCUT2D eigenvalue weighted by Crippen LogP contribution is 2.18. The van der Waals surface area contributed by atoms with Gasteiger partial charge in [0.1, 0.15) is 17.4 Å². The fraction of sp³-hybridized carbons (Fsp3) is 0.391. The molecule has 2 aromatic heterocycles. The highest BCUT2D eigenvalue weighted by atomic mass is 32.1. The standard InChI is InChI=1S/C23H27N5O3S/c1-16-3-5-20(6-4-16)31-14-21-25-19(15-32-21)11-22(29)28-9-7-18(8-10-28)26-23(30)17-12-24-27(2)13-17/h3-6,12-13,15,18H,7-11,14H2,1-2H3,(H,26,30). The molecule has 3 heterocycles. The largest absolute Gasteiger partial charge is 0.486 e. The first-order chi connectivity index (χ1) is 15.5. The van der Waals surface area contributed by atoms with Crippen LogP contribution in [0.1, 0.15) is 39.5 Å². The monoisotopic (exact) mass is 453 g/mol. The van der Waals surface area contributed by atoms with Crippen LogP contribution < -0.4 is 10.1 Å². The zero-order chi connectivity index (χ0) is 22.5. The molecule has 9 heteroatoms. The number of amides is 2. The average Bonchev–Trinajstić information content (AvgIpc) is 3.42.